The number of para-hydroxylation sites is 1. The van der Waals surface area contributed by atoms with Crippen molar-refractivity contribution < 1.29 is 5.11 Å². The van der Waals surface area contributed by atoms with Gasteiger partial charge in [-0.25, -0.2) is 9.97 Å². The number of fused-ring (bicyclic) bond motifs is 1. The van der Waals surface area contributed by atoms with Gasteiger partial charge in [-0.1, -0.05) is 63.2 Å². The zero-order valence-electron chi connectivity index (χ0n) is 16.3. The van der Waals surface area contributed by atoms with Crippen LogP contribution in [0.4, 0.5) is 11.5 Å². The number of phenols is 1. The quantitative estimate of drug-likeness (QED) is 0.462. The van der Waals surface area contributed by atoms with Crippen LogP contribution in [0.2, 0.25) is 0 Å². The second-order valence-electron chi connectivity index (χ2n) is 7.92. The molecule has 0 radical (unpaired) electrons. The Morgan fingerprint density at radius 1 is 0.821 bits per heavy atom. The van der Waals surface area contributed by atoms with E-state index in [2.05, 4.69) is 50.4 Å². The van der Waals surface area contributed by atoms with Gasteiger partial charge in [-0.05, 0) is 35.2 Å². The van der Waals surface area contributed by atoms with E-state index in [1.807, 2.05) is 30.3 Å². The topological polar surface area (TPSA) is 58.0 Å². The van der Waals surface area contributed by atoms with Gasteiger partial charge >= 0.3 is 0 Å². The highest BCUT2D eigenvalue weighted by Gasteiger charge is 2.14. The Kier molecular flexibility index (Phi) is 4.47. The summed E-state index contributed by atoms with van der Waals surface area (Å²) in [5, 5.41) is 14.0. The van der Waals surface area contributed by atoms with Crippen LogP contribution in [0, 0.1) is 0 Å². The summed E-state index contributed by atoms with van der Waals surface area (Å²) in [5.41, 5.74) is 3.99. The van der Waals surface area contributed by atoms with Gasteiger partial charge in [0.25, 0.3) is 0 Å². The lowest BCUT2D eigenvalue weighted by Crippen LogP contribution is -2.10. The number of phenolic OH excluding ortho intramolecular Hbond substituents is 1. The maximum atomic E-state index is 9.76. The van der Waals surface area contributed by atoms with Crippen molar-refractivity contribution in [2.24, 2.45) is 0 Å². The van der Waals surface area contributed by atoms with Gasteiger partial charge in [-0.3, -0.25) is 0 Å². The largest absolute Gasteiger partial charge is 0.508 e. The van der Waals surface area contributed by atoms with Crippen molar-refractivity contribution in [3.63, 3.8) is 0 Å². The fourth-order valence-corrected chi connectivity index (χ4v) is 3.14. The standard InChI is InChI=1S/C24H23N3O/c1-24(2,3)17-13-11-16(12-14-17)22-26-21-10-5-4-9-20(21)23(27-22)25-18-7-6-8-19(28)15-18/h4-15,28H,1-3H3,(H,25,26,27). The molecule has 0 unspecified atom stereocenters. The number of nitrogens with one attached hydrogen (secondary N) is 1. The molecule has 4 heteroatoms. The van der Waals surface area contributed by atoms with Crippen LogP contribution in [-0.2, 0) is 5.41 Å². The summed E-state index contributed by atoms with van der Waals surface area (Å²) >= 11 is 0. The van der Waals surface area contributed by atoms with Crippen molar-refractivity contribution in [3.05, 3.63) is 78.4 Å². The minimum absolute atomic E-state index is 0.102. The van der Waals surface area contributed by atoms with Crippen LogP contribution in [-0.4, -0.2) is 15.1 Å². The molecule has 0 saturated heterocycles. The van der Waals surface area contributed by atoms with E-state index >= 15 is 0 Å². The van der Waals surface area contributed by atoms with E-state index in [1.165, 1.54) is 5.56 Å². The molecule has 4 nitrogen and oxygen atoms in total. The first-order chi connectivity index (χ1) is 13.4. The predicted octanol–water partition coefficient (Wildman–Crippen LogP) is 6.04. The van der Waals surface area contributed by atoms with Gasteiger partial charge < -0.3 is 10.4 Å². The van der Waals surface area contributed by atoms with Crippen molar-refractivity contribution >= 4 is 22.4 Å². The third kappa shape index (κ3) is 3.67. The average molecular weight is 369 g/mol. The number of aromatic nitrogens is 2. The van der Waals surface area contributed by atoms with Crippen molar-refractivity contribution in [3.8, 4) is 17.1 Å². The summed E-state index contributed by atoms with van der Waals surface area (Å²) in [6.07, 6.45) is 0. The van der Waals surface area contributed by atoms with E-state index in [4.69, 9.17) is 9.97 Å². The summed E-state index contributed by atoms with van der Waals surface area (Å²) in [6, 6.07) is 23.3. The van der Waals surface area contributed by atoms with Gasteiger partial charge in [0.05, 0.1) is 5.52 Å². The molecule has 4 aromatic rings. The van der Waals surface area contributed by atoms with Gasteiger partial charge in [-0.2, -0.15) is 0 Å². The Balaban J connectivity index is 1.80. The molecule has 2 N–H and O–H groups in total. The SMILES string of the molecule is CC(C)(C)c1ccc(-c2nc(Nc3cccc(O)c3)c3ccccc3n2)cc1. The molecule has 0 fully saturated rings. The Hall–Kier alpha value is -3.40. The molecule has 0 bridgehead atoms. The molecule has 0 aliphatic carbocycles. The normalized spacial score (nSPS) is 11.5. The molecule has 0 saturated carbocycles. The van der Waals surface area contributed by atoms with Gasteiger partial charge in [-0.15, -0.1) is 0 Å². The van der Waals surface area contributed by atoms with E-state index in [0.29, 0.717) is 11.6 Å². The van der Waals surface area contributed by atoms with Crippen LogP contribution >= 0.6 is 0 Å². The van der Waals surface area contributed by atoms with Crippen LogP contribution in [0.25, 0.3) is 22.3 Å². The number of hydrogen-bond donors (Lipinski definition) is 2. The highest BCUT2D eigenvalue weighted by molar-refractivity contribution is 5.92. The lowest BCUT2D eigenvalue weighted by Gasteiger charge is -2.19. The molecule has 4 rings (SSSR count). The number of benzene rings is 3. The van der Waals surface area contributed by atoms with Gasteiger partial charge in [0.15, 0.2) is 5.82 Å². The lowest BCUT2D eigenvalue weighted by atomic mass is 9.87. The Bertz CT molecular complexity index is 1130. The summed E-state index contributed by atoms with van der Waals surface area (Å²) in [7, 11) is 0. The van der Waals surface area contributed by atoms with Gasteiger partial charge in [0, 0.05) is 22.7 Å². The first-order valence-electron chi connectivity index (χ1n) is 9.34. The van der Waals surface area contributed by atoms with Crippen molar-refractivity contribution in [1.29, 1.82) is 0 Å². The molecule has 0 aliphatic heterocycles. The molecule has 140 valence electrons. The molecule has 0 spiro atoms. The third-order valence-electron chi connectivity index (χ3n) is 4.72. The molecular formula is C24H23N3O. The van der Waals surface area contributed by atoms with Crippen molar-refractivity contribution in [2.45, 2.75) is 26.2 Å². The predicted molar refractivity (Wildman–Crippen MR) is 115 cm³/mol. The highest BCUT2D eigenvalue weighted by atomic mass is 16.3. The van der Waals surface area contributed by atoms with Crippen LogP contribution in [0.1, 0.15) is 26.3 Å². The molecule has 1 heterocycles. The van der Waals surface area contributed by atoms with Crippen LogP contribution in [0.15, 0.2) is 72.8 Å². The number of aromatic hydroxyl groups is 1. The number of rotatable bonds is 3. The van der Waals surface area contributed by atoms with Crippen molar-refractivity contribution in [1.82, 2.24) is 9.97 Å². The molecule has 3 aromatic carbocycles. The van der Waals surface area contributed by atoms with Gasteiger partial charge in [0.1, 0.15) is 11.6 Å². The maximum absolute atomic E-state index is 9.76. The molecule has 0 amide bonds. The second kappa shape index (κ2) is 6.97. The fourth-order valence-electron chi connectivity index (χ4n) is 3.14. The molecular weight excluding hydrogens is 346 g/mol. The van der Waals surface area contributed by atoms with E-state index < -0.39 is 0 Å². The maximum Gasteiger partial charge on any atom is 0.162 e. The number of hydrogen-bond acceptors (Lipinski definition) is 4. The molecule has 0 atom stereocenters. The summed E-state index contributed by atoms with van der Waals surface area (Å²) in [4.78, 5) is 9.54. The third-order valence-corrected chi connectivity index (χ3v) is 4.72. The minimum Gasteiger partial charge on any atom is -0.508 e. The van der Waals surface area contributed by atoms with E-state index in [9.17, 15) is 5.11 Å². The molecule has 0 aliphatic rings. The smallest absolute Gasteiger partial charge is 0.162 e. The zero-order chi connectivity index (χ0) is 19.7. The van der Waals surface area contributed by atoms with E-state index in [0.717, 1.165) is 22.2 Å². The average Bonchev–Trinajstić information content (AvgIpc) is 2.67. The second-order valence-corrected chi connectivity index (χ2v) is 7.92. The Morgan fingerprint density at radius 2 is 1.57 bits per heavy atom. The Morgan fingerprint density at radius 3 is 2.29 bits per heavy atom. The molecule has 28 heavy (non-hydrogen) atoms. The van der Waals surface area contributed by atoms with E-state index in [-0.39, 0.29) is 11.2 Å². The Labute approximate surface area is 164 Å². The van der Waals surface area contributed by atoms with Crippen molar-refractivity contribution in [2.75, 3.05) is 5.32 Å². The van der Waals surface area contributed by atoms with E-state index in [1.54, 1.807) is 18.2 Å². The lowest BCUT2D eigenvalue weighted by molar-refractivity contribution is 0.475. The number of anilines is 2. The summed E-state index contributed by atoms with van der Waals surface area (Å²) in [6.45, 7) is 6.60. The molecule has 1 aromatic heterocycles. The monoisotopic (exact) mass is 369 g/mol. The van der Waals surface area contributed by atoms with Crippen LogP contribution < -0.4 is 5.32 Å². The van der Waals surface area contributed by atoms with Crippen LogP contribution in [0.3, 0.4) is 0 Å². The minimum atomic E-state index is 0.102. The van der Waals surface area contributed by atoms with Crippen LogP contribution in [0.5, 0.6) is 5.75 Å². The fraction of sp³-hybridized carbons (Fsp3) is 0.167. The summed E-state index contributed by atoms with van der Waals surface area (Å²) < 4.78 is 0. The van der Waals surface area contributed by atoms with Gasteiger partial charge in [0.2, 0.25) is 0 Å². The first-order valence-corrected chi connectivity index (χ1v) is 9.34. The number of nitrogens with zero attached hydrogens (tertiary/aromatic N) is 2. The zero-order valence-corrected chi connectivity index (χ0v) is 16.3. The highest BCUT2D eigenvalue weighted by Crippen LogP contribution is 2.29. The summed E-state index contributed by atoms with van der Waals surface area (Å²) in [5.74, 6) is 1.59. The first kappa shape index (κ1) is 18.0.